The lowest BCUT2D eigenvalue weighted by molar-refractivity contribution is -0.122. The Morgan fingerprint density at radius 3 is 2.55 bits per heavy atom. The zero-order chi connectivity index (χ0) is 21.0. The predicted octanol–water partition coefficient (Wildman–Crippen LogP) is 1.18. The number of hydrazine groups is 1. The number of hydrogen-bond acceptors (Lipinski definition) is 6. The van der Waals surface area contributed by atoms with Gasteiger partial charge in [-0.05, 0) is 36.8 Å². The van der Waals surface area contributed by atoms with Crippen molar-refractivity contribution < 1.29 is 19.1 Å². The second kappa shape index (κ2) is 8.42. The van der Waals surface area contributed by atoms with Gasteiger partial charge in [0, 0.05) is 5.56 Å². The van der Waals surface area contributed by atoms with Gasteiger partial charge in [0.2, 0.25) is 0 Å². The standard InChI is InChI=1S/C20H20N4O5/c1-12-5-4-6-14-18(12)21-11-24(20(14)27)10-17(25)22-23-19(26)13-7-8-15(28-2)16(9-13)29-3/h4-9,11H,10H2,1-3H3,(H,22,25)(H,23,26). The third-order valence-electron chi connectivity index (χ3n) is 4.33. The van der Waals surface area contributed by atoms with Crippen LogP contribution in [-0.2, 0) is 11.3 Å². The number of aromatic nitrogens is 2. The van der Waals surface area contributed by atoms with Gasteiger partial charge in [-0.25, -0.2) is 4.98 Å². The fourth-order valence-electron chi connectivity index (χ4n) is 2.82. The van der Waals surface area contributed by atoms with Crippen molar-refractivity contribution in [2.45, 2.75) is 13.5 Å². The Kier molecular flexibility index (Phi) is 5.77. The van der Waals surface area contributed by atoms with Crippen LogP contribution in [0.5, 0.6) is 11.5 Å². The maximum atomic E-state index is 12.5. The molecule has 3 aromatic rings. The molecule has 9 heteroatoms. The van der Waals surface area contributed by atoms with Gasteiger partial charge in [-0.2, -0.15) is 0 Å². The number of carbonyl (C=O) groups is 2. The van der Waals surface area contributed by atoms with Crippen molar-refractivity contribution in [3.63, 3.8) is 0 Å². The number of ether oxygens (including phenoxy) is 2. The van der Waals surface area contributed by atoms with E-state index in [-0.39, 0.29) is 17.7 Å². The molecule has 2 aromatic carbocycles. The minimum Gasteiger partial charge on any atom is -0.493 e. The molecule has 2 amide bonds. The van der Waals surface area contributed by atoms with E-state index in [9.17, 15) is 14.4 Å². The fraction of sp³-hybridized carbons (Fsp3) is 0.200. The minimum atomic E-state index is -0.574. The lowest BCUT2D eigenvalue weighted by Crippen LogP contribution is -2.44. The topological polar surface area (TPSA) is 112 Å². The summed E-state index contributed by atoms with van der Waals surface area (Å²) in [7, 11) is 2.95. The van der Waals surface area contributed by atoms with E-state index in [1.165, 1.54) is 37.2 Å². The van der Waals surface area contributed by atoms with Crippen LogP contribution < -0.4 is 25.9 Å². The Balaban J connectivity index is 1.67. The van der Waals surface area contributed by atoms with Gasteiger partial charge in [0.25, 0.3) is 17.4 Å². The van der Waals surface area contributed by atoms with E-state index in [1.807, 2.05) is 13.0 Å². The second-order valence-electron chi connectivity index (χ2n) is 6.22. The van der Waals surface area contributed by atoms with E-state index in [4.69, 9.17) is 9.47 Å². The SMILES string of the molecule is COc1ccc(C(=O)NNC(=O)Cn2cnc3c(C)cccc3c2=O)cc1OC. The smallest absolute Gasteiger partial charge is 0.269 e. The number of rotatable bonds is 5. The zero-order valence-electron chi connectivity index (χ0n) is 16.2. The first kappa shape index (κ1) is 19.9. The molecule has 0 aliphatic rings. The quantitative estimate of drug-likeness (QED) is 0.627. The number of methoxy groups -OCH3 is 2. The van der Waals surface area contributed by atoms with Gasteiger partial charge in [0.15, 0.2) is 11.5 Å². The minimum absolute atomic E-state index is 0.267. The zero-order valence-corrected chi connectivity index (χ0v) is 16.2. The Morgan fingerprint density at radius 1 is 1.07 bits per heavy atom. The van der Waals surface area contributed by atoms with Crippen molar-refractivity contribution >= 4 is 22.7 Å². The van der Waals surface area contributed by atoms with Crippen molar-refractivity contribution in [1.29, 1.82) is 0 Å². The van der Waals surface area contributed by atoms with Crippen LogP contribution in [0.3, 0.4) is 0 Å². The van der Waals surface area contributed by atoms with Gasteiger partial charge >= 0.3 is 0 Å². The molecule has 0 bridgehead atoms. The van der Waals surface area contributed by atoms with E-state index in [1.54, 1.807) is 18.2 Å². The van der Waals surface area contributed by atoms with E-state index in [0.29, 0.717) is 22.4 Å². The van der Waals surface area contributed by atoms with E-state index >= 15 is 0 Å². The molecule has 29 heavy (non-hydrogen) atoms. The Labute approximate surface area is 166 Å². The first-order valence-corrected chi connectivity index (χ1v) is 8.70. The van der Waals surface area contributed by atoms with Gasteiger partial charge in [0.05, 0.1) is 31.4 Å². The lowest BCUT2D eigenvalue weighted by Gasteiger charge is -2.11. The molecule has 0 fully saturated rings. The van der Waals surface area contributed by atoms with Crippen LogP contribution in [0.25, 0.3) is 10.9 Å². The molecule has 0 spiro atoms. The van der Waals surface area contributed by atoms with Crippen LogP contribution in [0, 0.1) is 6.92 Å². The first-order valence-electron chi connectivity index (χ1n) is 8.70. The number of amides is 2. The van der Waals surface area contributed by atoms with Crippen molar-refractivity contribution in [2.24, 2.45) is 0 Å². The summed E-state index contributed by atoms with van der Waals surface area (Å²) in [6.45, 7) is 1.57. The van der Waals surface area contributed by atoms with Crippen molar-refractivity contribution in [1.82, 2.24) is 20.4 Å². The molecule has 0 saturated heterocycles. The Bertz CT molecular complexity index is 1140. The molecule has 0 atom stereocenters. The average Bonchev–Trinajstić information content (AvgIpc) is 2.74. The summed E-state index contributed by atoms with van der Waals surface area (Å²) in [5.41, 5.74) is 5.99. The number of carbonyl (C=O) groups excluding carboxylic acids is 2. The summed E-state index contributed by atoms with van der Waals surface area (Å²) in [6, 6.07) is 9.87. The maximum Gasteiger partial charge on any atom is 0.269 e. The number of benzene rings is 2. The molecule has 0 unspecified atom stereocenters. The molecule has 0 saturated carbocycles. The highest BCUT2D eigenvalue weighted by Gasteiger charge is 2.13. The molecule has 3 rings (SSSR count). The van der Waals surface area contributed by atoms with Gasteiger partial charge in [0.1, 0.15) is 6.54 Å². The summed E-state index contributed by atoms with van der Waals surface area (Å²) in [4.78, 5) is 41.2. The first-order chi connectivity index (χ1) is 13.9. The van der Waals surface area contributed by atoms with Crippen LogP contribution in [0.2, 0.25) is 0 Å². The number of nitrogens with zero attached hydrogens (tertiary/aromatic N) is 2. The second-order valence-corrected chi connectivity index (χ2v) is 6.22. The van der Waals surface area contributed by atoms with E-state index < -0.39 is 11.8 Å². The highest BCUT2D eigenvalue weighted by Crippen LogP contribution is 2.27. The van der Waals surface area contributed by atoms with Crippen LogP contribution in [0.1, 0.15) is 15.9 Å². The number of hydrogen-bond donors (Lipinski definition) is 2. The highest BCUT2D eigenvalue weighted by molar-refractivity contribution is 5.96. The third kappa shape index (κ3) is 4.18. The molecule has 0 aliphatic carbocycles. The van der Waals surface area contributed by atoms with Crippen LogP contribution in [0.4, 0.5) is 0 Å². The number of aryl methyl sites for hydroxylation is 1. The fourth-order valence-corrected chi connectivity index (χ4v) is 2.82. The molecule has 0 radical (unpaired) electrons. The largest absolute Gasteiger partial charge is 0.493 e. The summed E-state index contributed by atoms with van der Waals surface area (Å²) < 4.78 is 11.5. The van der Waals surface area contributed by atoms with E-state index in [2.05, 4.69) is 15.8 Å². The van der Waals surface area contributed by atoms with Crippen LogP contribution in [-0.4, -0.2) is 35.6 Å². The molecule has 2 N–H and O–H groups in total. The number of para-hydroxylation sites is 1. The summed E-state index contributed by atoms with van der Waals surface area (Å²) >= 11 is 0. The van der Waals surface area contributed by atoms with Crippen LogP contribution in [0.15, 0.2) is 47.5 Å². The predicted molar refractivity (Wildman–Crippen MR) is 106 cm³/mol. The monoisotopic (exact) mass is 396 g/mol. The normalized spacial score (nSPS) is 10.4. The maximum absolute atomic E-state index is 12.5. The Morgan fingerprint density at radius 2 is 1.83 bits per heavy atom. The van der Waals surface area contributed by atoms with Crippen molar-refractivity contribution in [2.75, 3.05) is 14.2 Å². The number of nitrogens with one attached hydrogen (secondary N) is 2. The summed E-state index contributed by atoms with van der Waals surface area (Å²) in [5, 5.41) is 0.426. The number of fused-ring (bicyclic) bond motifs is 1. The molecule has 150 valence electrons. The van der Waals surface area contributed by atoms with Gasteiger partial charge in [-0.15, -0.1) is 0 Å². The average molecular weight is 396 g/mol. The molecular formula is C20H20N4O5. The van der Waals surface area contributed by atoms with E-state index in [0.717, 1.165) is 5.56 Å². The third-order valence-corrected chi connectivity index (χ3v) is 4.33. The Hall–Kier alpha value is -3.88. The van der Waals surface area contributed by atoms with Crippen LogP contribution >= 0.6 is 0 Å². The van der Waals surface area contributed by atoms with Crippen molar-refractivity contribution in [3.05, 3.63) is 64.2 Å². The van der Waals surface area contributed by atoms with Gasteiger partial charge < -0.3 is 9.47 Å². The summed E-state index contributed by atoms with van der Waals surface area (Å²) in [6.07, 6.45) is 1.31. The molecule has 0 aliphatic heterocycles. The van der Waals surface area contributed by atoms with Gasteiger partial charge in [-0.1, -0.05) is 12.1 Å². The molecule has 1 heterocycles. The molecule has 9 nitrogen and oxygen atoms in total. The van der Waals surface area contributed by atoms with Crippen molar-refractivity contribution in [3.8, 4) is 11.5 Å². The highest BCUT2D eigenvalue weighted by atomic mass is 16.5. The molecular weight excluding hydrogens is 376 g/mol. The lowest BCUT2D eigenvalue weighted by atomic mass is 10.1. The molecule has 1 aromatic heterocycles. The summed E-state index contributed by atoms with van der Waals surface area (Å²) in [5.74, 6) is -0.254. The van der Waals surface area contributed by atoms with Gasteiger partial charge in [-0.3, -0.25) is 29.8 Å².